The minimum atomic E-state index is -1.07. The van der Waals surface area contributed by atoms with E-state index < -0.39 is 11.4 Å². The molecule has 0 spiro atoms. The fourth-order valence-electron chi connectivity index (χ4n) is 2.22. The average molecular weight is 277 g/mol. The second-order valence-corrected chi connectivity index (χ2v) is 5.74. The second-order valence-electron chi connectivity index (χ2n) is 5.74. The number of hydrogen-bond donors (Lipinski definition) is 1. The third-order valence-corrected chi connectivity index (χ3v) is 3.03. The summed E-state index contributed by atoms with van der Waals surface area (Å²) in [6, 6.07) is 0. The topological polar surface area (TPSA) is 85.8 Å². The van der Waals surface area contributed by atoms with Gasteiger partial charge in [0.15, 0.2) is 5.69 Å². The van der Waals surface area contributed by atoms with E-state index in [1.165, 1.54) is 0 Å². The van der Waals surface area contributed by atoms with Gasteiger partial charge in [0.2, 0.25) is 0 Å². The highest BCUT2D eigenvalue weighted by Crippen LogP contribution is 2.28. The van der Waals surface area contributed by atoms with E-state index in [0.29, 0.717) is 5.69 Å². The van der Waals surface area contributed by atoms with Crippen LogP contribution in [0.5, 0.6) is 0 Å². The number of carboxylic acid groups (broad SMARTS) is 1. The van der Waals surface area contributed by atoms with Crippen LogP contribution in [0.4, 0.5) is 0 Å². The van der Waals surface area contributed by atoms with Crippen LogP contribution in [0.15, 0.2) is 6.20 Å². The average Bonchev–Trinajstić information content (AvgIpc) is 2.90. The van der Waals surface area contributed by atoms with Gasteiger partial charge in [-0.1, -0.05) is 32.9 Å². The zero-order chi connectivity index (χ0) is 15.1. The van der Waals surface area contributed by atoms with Crippen molar-refractivity contribution < 1.29 is 9.90 Å². The number of nitrogens with zero attached hydrogens (tertiary/aromatic N) is 5. The lowest BCUT2D eigenvalue weighted by molar-refractivity contribution is 0.0687. The zero-order valence-corrected chi connectivity index (χ0v) is 12.4. The lowest BCUT2D eigenvalue weighted by atomic mass is 9.90. The van der Waals surface area contributed by atoms with Gasteiger partial charge in [-0.15, -0.1) is 5.10 Å². The van der Waals surface area contributed by atoms with Gasteiger partial charge in [-0.05, 0) is 6.42 Å². The lowest BCUT2D eigenvalue weighted by Crippen LogP contribution is -2.21. The predicted octanol–water partition coefficient (Wildman–Crippen LogP) is 1.56. The molecule has 0 saturated carbocycles. The Balaban J connectivity index is 2.72. The summed E-state index contributed by atoms with van der Waals surface area (Å²) in [5, 5.41) is 21.5. The molecule has 2 rings (SSSR count). The summed E-state index contributed by atoms with van der Waals surface area (Å²) in [5.41, 5.74) is 1.81. The summed E-state index contributed by atoms with van der Waals surface area (Å²) in [5.74, 6) is -1.07. The van der Waals surface area contributed by atoms with E-state index in [1.807, 2.05) is 40.9 Å². The maximum Gasteiger partial charge on any atom is 0.358 e. The standard InChI is InChI=1S/C13H19N5O2/c1-6-8-9(7-17(5)15-8)18-11(13(2,3)4)10(12(19)20)14-16-18/h7H,6H2,1-5H3,(H,19,20). The van der Waals surface area contributed by atoms with Crippen molar-refractivity contribution >= 4 is 5.97 Å². The van der Waals surface area contributed by atoms with Gasteiger partial charge in [-0.3, -0.25) is 4.68 Å². The number of hydrogen-bond acceptors (Lipinski definition) is 4. The fraction of sp³-hybridized carbons (Fsp3) is 0.538. The van der Waals surface area contributed by atoms with Crippen LogP contribution in [0.2, 0.25) is 0 Å². The monoisotopic (exact) mass is 277 g/mol. The normalized spacial score (nSPS) is 11.8. The van der Waals surface area contributed by atoms with Crippen LogP contribution >= 0.6 is 0 Å². The summed E-state index contributed by atoms with van der Waals surface area (Å²) in [4.78, 5) is 11.3. The Morgan fingerprint density at radius 1 is 1.40 bits per heavy atom. The van der Waals surface area contributed by atoms with Crippen molar-refractivity contribution in [3.63, 3.8) is 0 Å². The molecule has 0 aliphatic heterocycles. The van der Waals surface area contributed by atoms with Crippen molar-refractivity contribution in [2.24, 2.45) is 7.05 Å². The Morgan fingerprint density at radius 2 is 2.05 bits per heavy atom. The molecule has 20 heavy (non-hydrogen) atoms. The van der Waals surface area contributed by atoms with E-state index >= 15 is 0 Å². The molecule has 0 aromatic carbocycles. The summed E-state index contributed by atoms with van der Waals surface area (Å²) in [6.07, 6.45) is 2.57. The first-order valence-electron chi connectivity index (χ1n) is 6.48. The molecule has 7 heteroatoms. The summed E-state index contributed by atoms with van der Waals surface area (Å²) in [7, 11) is 1.83. The van der Waals surface area contributed by atoms with Crippen LogP contribution in [0, 0.1) is 0 Å². The Hall–Kier alpha value is -2.18. The Morgan fingerprint density at radius 3 is 2.55 bits per heavy atom. The predicted molar refractivity (Wildman–Crippen MR) is 73.2 cm³/mol. The molecule has 0 amide bonds. The Kier molecular flexibility index (Phi) is 3.37. The van der Waals surface area contributed by atoms with Gasteiger partial charge >= 0.3 is 5.97 Å². The highest BCUT2D eigenvalue weighted by molar-refractivity contribution is 5.87. The SMILES string of the molecule is CCc1nn(C)cc1-n1nnc(C(=O)O)c1C(C)(C)C. The van der Waals surface area contributed by atoms with Crippen LogP contribution in [-0.2, 0) is 18.9 Å². The van der Waals surface area contributed by atoms with Crippen molar-refractivity contribution in [2.45, 2.75) is 39.5 Å². The van der Waals surface area contributed by atoms with Crippen LogP contribution in [-0.4, -0.2) is 35.9 Å². The second kappa shape index (κ2) is 4.73. The van der Waals surface area contributed by atoms with Gasteiger partial charge in [0.05, 0.1) is 17.6 Å². The summed E-state index contributed by atoms with van der Waals surface area (Å²) < 4.78 is 3.29. The van der Waals surface area contributed by atoms with Gasteiger partial charge < -0.3 is 5.11 Å². The molecule has 0 saturated heterocycles. The van der Waals surface area contributed by atoms with E-state index in [0.717, 1.165) is 17.8 Å². The zero-order valence-electron chi connectivity index (χ0n) is 12.4. The maximum atomic E-state index is 11.3. The molecule has 108 valence electrons. The van der Waals surface area contributed by atoms with Crippen molar-refractivity contribution in [1.82, 2.24) is 24.8 Å². The third-order valence-electron chi connectivity index (χ3n) is 3.03. The Labute approximate surface area is 117 Å². The molecule has 0 unspecified atom stereocenters. The first-order valence-corrected chi connectivity index (χ1v) is 6.48. The fourth-order valence-corrected chi connectivity index (χ4v) is 2.22. The van der Waals surface area contributed by atoms with Crippen molar-refractivity contribution in [2.75, 3.05) is 0 Å². The largest absolute Gasteiger partial charge is 0.476 e. The van der Waals surface area contributed by atoms with Crippen LogP contribution in [0.3, 0.4) is 0 Å². The molecule has 0 bridgehead atoms. The van der Waals surface area contributed by atoms with Crippen LogP contribution in [0.25, 0.3) is 5.69 Å². The van der Waals surface area contributed by atoms with Crippen LogP contribution < -0.4 is 0 Å². The number of rotatable bonds is 3. The molecule has 0 aliphatic carbocycles. The molecule has 1 N–H and O–H groups in total. The quantitative estimate of drug-likeness (QED) is 0.920. The summed E-state index contributed by atoms with van der Waals surface area (Å²) >= 11 is 0. The molecule has 0 fully saturated rings. The van der Waals surface area contributed by atoms with E-state index in [-0.39, 0.29) is 5.69 Å². The maximum absolute atomic E-state index is 11.3. The third kappa shape index (κ3) is 2.31. The van der Waals surface area contributed by atoms with Gasteiger partial charge in [0, 0.05) is 12.5 Å². The lowest BCUT2D eigenvalue weighted by Gasteiger charge is -2.20. The number of carbonyl (C=O) groups is 1. The summed E-state index contributed by atoms with van der Waals surface area (Å²) in [6.45, 7) is 7.82. The minimum absolute atomic E-state index is 0.0107. The highest BCUT2D eigenvalue weighted by Gasteiger charge is 2.30. The van der Waals surface area contributed by atoms with Crippen molar-refractivity contribution in [1.29, 1.82) is 0 Å². The molecular formula is C13H19N5O2. The number of carboxylic acids is 1. The number of aryl methyl sites for hydroxylation is 2. The molecule has 2 aromatic heterocycles. The molecule has 0 atom stereocenters. The minimum Gasteiger partial charge on any atom is -0.476 e. The van der Waals surface area contributed by atoms with E-state index in [2.05, 4.69) is 15.4 Å². The van der Waals surface area contributed by atoms with Gasteiger partial charge in [0.25, 0.3) is 0 Å². The molecule has 0 aliphatic rings. The van der Waals surface area contributed by atoms with E-state index in [4.69, 9.17) is 0 Å². The molecular weight excluding hydrogens is 258 g/mol. The van der Waals surface area contributed by atoms with Gasteiger partial charge in [-0.2, -0.15) is 5.10 Å². The Bertz CT molecular complexity index is 648. The molecule has 2 heterocycles. The van der Waals surface area contributed by atoms with Gasteiger partial charge in [-0.25, -0.2) is 9.48 Å². The van der Waals surface area contributed by atoms with Gasteiger partial charge in [0.1, 0.15) is 5.69 Å². The first-order chi connectivity index (χ1) is 9.25. The first kappa shape index (κ1) is 14.2. The van der Waals surface area contributed by atoms with E-state index in [9.17, 15) is 9.90 Å². The van der Waals surface area contributed by atoms with Crippen LogP contribution in [0.1, 0.15) is 49.6 Å². The number of aromatic nitrogens is 5. The highest BCUT2D eigenvalue weighted by atomic mass is 16.4. The van der Waals surface area contributed by atoms with Crippen molar-refractivity contribution in [3.05, 3.63) is 23.3 Å². The smallest absolute Gasteiger partial charge is 0.358 e. The van der Waals surface area contributed by atoms with E-state index in [1.54, 1.807) is 9.36 Å². The molecule has 0 radical (unpaired) electrons. The molecule has 7 nitrogen and oxygen atoms in total. The number of aromatic carboxylic acids is 1. The van der Waals surface area contributed by atoms with Crippen molar-refractivity contribution in [3.8, 4) is 5.69 Å². The molecule has 2 aromatic rings.